The second-order valence-electron chi connectivity index (χ2n) is 5.34. The van der Waals surface area contributed by atoms with Crippen molar-refractivity contribution in [2.45, 2.75) is 13.3 Å². The molecule has 0 N–H and O–H groups in total. The van der Waals surface area contributed by atoms with Crippen LogP contribution in [-0.2, 0) is 16.5 Å². The fraction of sp³-hybridized carbons (Fsp3) is 0.333. The average molecular weight is 366 g/mol. The van der Waals surface area contributed by atoms with Gasteiger partial charge in [0.25, 0.3) is 0 Å². The lowest BCUT2D eigenvalue weighted by atomic mass is 9.96. The van der Waals surface area contributed by atoms with Crippen molar-refractivity contribution in [2.75, 3.05) is 27.6 Å². The van der Waals surface area contributed by atoms with Gasteiger partial charge in [0.15, 0.2) is 11.5 Å². The number of methoxy groups -OCH3 is 3. The average Bonchev–Trinajstić information content (AvgIpc) is 2.58. The molecule has 2 aromatic rings. The predicted octanol–water partition coefficient (Wildman–Crippen LogP) is 3.28. The minimum Gasteiger partial charge on any atom is -0.493 e. The number of aryl methyl sites for hydroxylation is 1. The summed E-state index contributed by atoms with van der Waals surface area (Å²) < 4.78 is 43.9. The van der Waals surface area contributed by atoms with Crippen molar-refractivity contribution in [3.8, 4) is 34.1 Å². The summed E-state index contributed by atoms with van der Waals surface area (Å²) in [5.41, 5.74) is 2.65. The largest absolute Gasteiger partial charge is 0.493 e. The van der Waals surface area contributed by atoms with E-state index in [1.54, 1.807) is 39.5 Å². The van der Waals surface area contributed by atoms with Gasteiger partial charge < -0.3 is 18.4 Å². The lowest BCUT2D eigenvalue weighted by Crippen LogP contribution is -2.06. The molecule has 136 valence electrons. The summed E-state index contributed by atoms with van der Waals surface area (Å²) in [5.74, 6) is 1.90. The predicted molar refractivity (Wildman–Crippen MR) is 96.4 cm³/mol. The highest BCUT2D eigenvalue weighted by atomic mass is 32.2. The molecule has 6 nitrogen and oxygen atoms in total. The second-order valence-corrected chi connectivity index (χ2v) is 6.92. The molecule has 0 aromatic heterocycles. The van der Waals surface area contributed by atoms with Gasteiger partial charge in [-0.25, -0.2) is 0 Å². The molecular weight excluding hydrogens is 344 g/mol. The molecule has 0 bridgehead atoms. The zero-order chi connectivity index (χ0) is 18.6. The van der Waals surface area contributed by atoms with Gasteiger partial charge in [0.2, 0.25) is 5.75 Å². The summed E-state index contributed by atoms with van der Waals surface area (Å²) in [7, 11) is 1.10. The van der Waals surface area contributed by atoms with E-state index in [-0.39, 0.29) is 5.75 Å². The first kappa shape index (κ1) is 18.9. The third kappa shape index (κ3) is 4.17. The lowest BCUT2D eigenvalue weighted by molar-refractivity contribution is 0.325. The van der Waals surface area contributed by atoms with E-state index < -0.39 is 10.1 Å². The van der Waals surface area contributed by atoms with E-state index >= 15 is 0 Å². The smallest absolute Gasteiger partial charge is 0.306 e. The van der Waals surface area contributed by atoms with Crippen LogP contribution in [0.3, 0.4) is 0 Å². The van der Waals surface area contributed by atoms with E-state index in [2.05, 4.69) is 0 Å². The molecule has 0 unspecified atom stereocenters. The van der Waals surface area contributed by atoms with Crippen LogP contribution in [0.2, 0.25) is 0 Å². The third-order valence-corrected chi connectivity index (χ3v) is 4.19. The Balaban J connectivity index is 2.62. The Morgan fingerprint density at radius 2 is 1.52 bits per heavy atom. The Hall–Kier alpha value is -2.41. The van der Waals surface area contributed by atoms with Crippen LogP contribution in [0.1, 0.15) is 12.5 Å². The van der Waals surface area contributed by atoms with Crippen LogP contribution in [0.15, 0.2) is 30.3 Å². The highest BCUT2D eigenvalue weighted by molar-refractivity contribution is 7.86. The Morgan fingerprint density at radius 1 is 0.880 bits per heavy atom. The third-order valence-electron chi connectivity index (χ3n) is 3.70. The summed E-state index contributed by atoms with van der Waals surface area (Å²) in [6.07, 6.45) is 1.71. The molecule has 25 heavy (non-hydrogen) atoms. The maximum absolute atomic E-state index is 11.3. The molecule has 0 heterocycles. The van der Waals surface area contributed by atoms with Gasteiger partial charge in [-0.3, -0.25) is 0 Å². The summed E-state index contributed by atoms with van der Waals surface area (Å²) in [5, 5.41) is 0. The molecule has 2 rings (SSSR count). The summed E-state index contributed by atoms with van der Waals surface area (Å²) >= 11 is 0. The normalized spacial score (nSPS) is 11.1. The highest BCUT2D eigenvalue weighted by Crippen LogP contribution is 2.45. The van der Waals surface area contributed by atoms with Crippen molar-refractivity contribution in [2.24, 2.45) is 0 Å². The fourth-order valence-electron chi connectivity index (χ4n) is 2.67. The van der Waals surface area contributed by atoms with Crippen molar-refractivity contribution < 1.29 is 26.8 Å². The van der Waals surface area contributed by atoms with E-state index in [1.807, 2.05) is 19.1 Å². The van der Waals surface area contributed by atoms with E-state index in [9.17, 15) is 8.42 Å². The van der Waals surface area contributed by atoms with Gasteiger partial charge in [0.05, 0.1) is 27.6 Å². The molecule has 0 spiro atoms. The lowest BCUT2D eigenvalue weighted by Gasteiger charge is -2.18. The SMILES string of the molecule is CCc1cc(OS(C)(=O)=O)ccc1-c1ccc(OC)c(OC)c1OC. The first-order valence-corrected chi connectivity index (χ1v) is 9.48. The van der Waals surface area contributed by atoms with Crippen LogP contribution in [0.5, 0.6) is 23.0 Å². The molecule has 0 amide bonds. The summed E-state index contributed by atoms with van der Waals surface area (Å²) in [4.78, 5) is 0. The van der Waals surface area contributed by atoms with Gasteiger partial charge in [0.1, 0.15) is 5.75 Å². The number of benzene rings is 2. The van der Waals surface area contributed by atoms with Gasteiger partial charge in [-0.05, 0) is 41.8 Å². The molecule has 0 radical (unpaired) electrons. The van der Waals surface area contributed by atoms with Crippen LogP contribution in [0, 0.1) is 0 Å². The standard InChI is InChI=1S/C18H22O6S/c1-6-12-11-13(24-25(5,19)20)7-8-14(12)15-9-10-16(21-2)18(23-4)17(15)22-3/h7-11H,6H2,1-5H3. The minimum atomic E-state index is -3.57. The Morgan fingerprint density at radius 3 is 2.04 bits per heavy atom. The quantitative estimate of drug-likeness (QED) is 0.701. The van der Waals surface area contributed by atoms with Crippen LogP contribution in [-0.4, -0.2) is 36.0 Å². The van der Waals surface area contributed by atoms with Gasteiger partial charge in [-0.2, -0.15) is 8.42 Å². The molecule has 0 atom stereocenters. The number of ether oxygens (including phenoxy) is 3. The Labute approximate surface area is 148 Å². The van der Waals surface area contributed by atoms with Gasteiger partial charge in [-0.1, -0.05) is 13.0 Å². The van der Waals surface area contributed by atoms with Crippen LogP contribution in [0.4, 0.5) is 0 Å². The Bertz CT molecular complexity index is 858. The van der Waals surface area contributed by atoms with Crippen LogP contribution in [0.25, 0.3) is 11.1 Å². The van der Waals surface area contributed by atoms with Crippen LogP contribution >= 0.6 is 0 Å². The van der Waals surface area contributed by atoms with Gasteiger partial charge >= 0.3 is 10.1 Å². The van der Waals surface area contributed by atoms with E-state index in [4.69, 9.17) is 18.4 Å². The maximum atomic E-state index is 11.3. The van der Waals surface area contributed by atoms with Crippen LogP contribution < -0.4 is 18.4 Å². The zero-order valence-corrected chi connectivity index (χ0v) is 15.8. The molecule has 0 saturated carbocycles. The maximum Gasteiger partial charge on any atom is 0.306 e. The summed E-state index contributed by atoms with van der Waals surface area (Å²) in [6.45, 7) is 1.98. The van der Waals surface area contributed by atoms with E-state index in [1.165, 1.54) is 0 Å². The van der Waals surface area contributed by atoms with Crippen molar-refractivity contribution in [1.29, 1.82) is 0 Å². The molecule has 0 aliphatic rings. The van der Waals surface area contributed by atoms with Crippen molar-refractivity contribution in [1.82, 2.24) is 0 Å². The highest BCUT2D eigenvalue weighted by Gasteiger charge is 2.19. The minimum absolute atomic E-state index is 0.280. The number of hydrogen-bond acceptors (Lipinski definition) is 6. The van der Waals surface area contributed by atoms with Gasteiger partial charge in [-0.15, -0.1) is 0 Å². The monoisotopic (exact) mass is 366 g/mol. The number of hydrogen-bond donors (Lipinski definition) is 0. The summed E-state index contributed by atoms with van der Waals surface area (Å²) in [6, 6.07) is 8.82. The fourth-order valence-corrected chi connectivity index (χ4v) is 3.12. The first-order valence-electron chi connectivity index (χ1n) is 7.66. The molecule has 0 saturated heterocycles. The van der Waals surface area contributed by atoms with Crippen molar-refractivity contribution in [3.63, 3.8) is 0 Å². The van der Waals surface area contributed by atoms with E-state index in [0.717, 1.165) is 22.9 Å². The first-order chi connectivity index (χ1) is 11.8. The van der Waals surface area contributed by atoms with Crippen molar-refractivity contribution in [3.05, 3.63) is 35.9 Å². The molecule has 0 aliphatic heterocycles. The molecule has 7 heteroatoms. The molecular formula is C18H22O6S. The molecule has 0 aliphatic carbocycles. The number of rotatable bonds is 7. The second kappa shape index (κ2) is 7.65. The molecule has 2 aromatic carbocycles. The topological polar surface area (TPSA) is 71.1 Å². The van der Waals surface area contributed by atoms with E-state index in [0.29, 0.717) is 23.7 Å². The molecule has 0 fully saturated rings. The van der Waals surface area contributed by atoms with Crippen molar-refractivity contribution >= 4 is 10.1 Å². The van der Waals surface area contributed by atoms with Gasteiger partial charge in [0, 0.05) is 5.56 Å². The zero-order valence-electron chi connectivity index (χ0n) is 15.0. The Kier molecular flexibility index (Phi) is 5.79.